The number of halogens is 3. The van der Waals surface area contributed by atoms with Crippen LogP contribution < -0.4 is 0 Å². The van der Waals surface area contributed by atoms with Crippen molar-refractivity contribution >= 4 is 5.97 Å². The smallest absolute Gasteiger partial charge is 0.394 e. The summed E-state index contributed by atoms with van der Waals surface area (Å²) in [5.41, 5.74) is 0. The maximum absolute atomic E-state index is 12.5. The first kappa shape index (κ1) is 12.3. The van der Waals surface area contributed by atoms with Crippen LogP contribution in [0.25, 0.3) is 0 Å². The highest BCUT2D eigenvalue weighted by molar-refractivity contribution is 5.70. The highest BCUT2D eigenvalue weighted by Crippen LogP contribution is 2.41. The molecule has 1 rings (SSSR count). The molecule has 1 N–H and O–H groups in total. The van der Waals surface area contributed by atoms with E-state index in [9.17, 15) is 18.0 Å². The van der Waals surface area contributed by atoms with Gasteiger partial charge in [0.25, 0.3) is 0 Å². The van der Waals surface area contributed by atoms with Crippen LogP contribution in [0.1, 0.15) is 19.3 Å². The summed E-state index contributed by atoms with van der Waals surface area (Å²) >= 11 is 0. The standard InChI is InChI=1S/C9H13F3O3/c1-15-7-3-2-5(8(13)14)4-6(7)9(10,11)12/h5-7H,2-4H2,1H3,(H,13,14). The molecule has 88 valence electrons. The van der Waals surface area contributed by atoms with E-state index in [1.807, 2.05) is 0 Å². The number of rotatable bonds is 2. The van der Waals surface area contributed by atoms with Crippen molar-refractivity contribution in [1.82, 2.24) is 0 Å². The van der Waals surface area contributed by atoms with Crippen LogP contribution in [0.15, 0.2) is 0 Å². The van der Waals surface area contributed by atoms with Crippen molar-refractivity contribution in [1.29, 1.82) is 0 Å². The molecule has 15 heavy (non-hydrogen) atoms. The van der Waals surface area contributed by atoms with Gasteiger partial charge in [-0.15, -0.1) is 0 Å². The second-order valence-corrected chi connectivity index (χ2v) is 3.77. The van der Waals surface area contributed by atoms with E-state index in [0.29, 0.717) is 0 Å². The normalized spacial score (nSPS) is 32.7. The minimum atomic E-state index is -4.38. The van der Waals surface area contributed by atoms with Gasteiger partial charge in [0, 0.05) is 7.11 Å². The van der Waals surface area contributed by atoms with Crippen LogP contribution in [0.2, 0.25) is 0 Å². The fourth-order valence-corrected chi connectivity index (χ4v) is 1.99. The summed E-state index contributed by atoms with van der Waals surface area (Å²) < 4.78 is 42.4. The summed E-state index contributed by atoms with van der Waals surface area (Å²) in [5, 5.41) is 8.67. The first-order valence-corrected chi connectivity index (χ1v) is 4.68. The van der Waals surface area contributed by atoms with Gasteiger partial charge in [-0.1, -0.05) is 0 Å². The lowest BCUT2D eigenvalue weighted by atomic mass is 9.79. The number of hydrogen-bond donors (Lipinski definition) is 1. The van der Waals surface area contributed by atoms with Crippen molar-refractivity contribution < 1.29 is 27.8 Å². The Morgan fingerprint density at radius 2 is 2.00 bits per heavy atom. The van der Waals surface area contributed by atoms with Gasteiger partial charge >= 0.3 is 12.1 Å². The quantitative estimate of drug-likeness (QED) is 0.784. The highest BCUT2D eigenvalue weighted by Gasteiger charge is 2.49. The lowest BCUT2D eigenvalue weighted by Crippen LogP contribution is -2.41. The van der Waals surface area contributed by atoms with E-state index in [1.165, 1.54) is 7.11 Å². The maximum Gasteiger partial charge on any atom is 0.394 e. The van der Waals surface area contributed by atoms with E-state index in [2.05, 4.69) is 0 Å². The molecule has 1 aliphatic carbocycles. The predicted octanol–water partition coefficient (Wildman–Crippen LogP) is 2.06. The molecule has 0 aliphatic heterocycles. The van der Waals surface area contributed by atoms with Crippen LogP contribution in [0.4, 0.5) is 13.2 Å². The molecule has 6 heteroatoms. The number of aliphatic carboxylic acids is 1. The molecular weight excluding hydrogens is 213 g/mol. The second-order valence-electron chi connectivity index (χ2n) is 3.77. The van der Waals surface area contributed by atoms with E-state index in [4.69, 9.17) is 9.84 Å². The molecule has 0 aromatic carbocycles. The summed E-state index contributed by atoms with van der Waals surface area (Å²) in [4.78, 5) is 10.6. The Kier molecular flexibility index (Phi) is 3.59. The molecule has 1 aliphatic rings. The Balaban J connectivity index is 2.74. The van der Waals surface area contributed by atoms with Gasteiger partial charge in [0.15, 0.2) is 0 Å². The van der Waals surface area contributed by atoms with E-state index in [1.54, 1.807) is 0 Å². The number of carbonyl (C=O) groups is 1. The highest BCUT2D eigenvalue weighted by atomic mass is 19.4. The SMILES string of the molecule is COC1CCC(C(=O)O)CC1C(F)(F)F. The fourth-order valence-electron chi connectivity index (χ4n) is 1.99. The predicted molar refractivity (Wildman–Crippen MR) is 45.3 cm³/mol. The maximum atomic E-state index is 12.5. The minimum Gasteiger partial charge on any atom is -0.481 e. The van der Waals surface area contributed by atoms with Crippen LogP contribution in [0.5, 0.6) is 0 Å². The Morgan fingerprint density at radius 1 is 1.40 bits per heavy atom. The van der Waals surface area contributed by atoms with Crippen molar-refractivity contribution in [3.05, 3.63) is 0 Å². The third-order valence-electron chi connectivity index (χ3n) is 2.86. The topological polar surface area (TPSA) is 46.5 Å². The summed E-state index contributed by atoms with van der Waals surface area (Å²) in [5.74, 6) is -3.71. The molecular formula is C9H13F3O3. The molecule has 3 atom stereocenters. The molecule has 0 heterocycles. The number of alkyl halides is 3. The van der Waals surface area contributed by atoms with Crippen molar-refractivity contribution in [3.8, 4) is 0 Å². The third-order valence-corrected chi connectivity index (χ3v) is 2.86. The molecule has 1 fully saturated rings. The molecule has 0 spiro atoms. The van der Waals surface area contributed by atoms with Gasteiger partial charge in [0.05, 0.1) is 17.9 Å². The van der Waals surface area contributed by atoms with Crippen molar-refractivity contribution in [2.75, 3.05) is 7.11 Å². The zero-order valence-electron chi connectivity index (χ0n) is 8.25. The van der Waals surface area contributed by atoms with Gasteiger partial charge in [0.2, 0.25) is 0 Å². The number of carboxylic acids is 1. The van der Waals surface area contributed by atoms with E-state index < -0.39 is 30.1 Å². The monoisotopic (exact) mass is 226 g/mol. The first-order valence-electron chi connectivity index (χ1n) is 4.68. The number of methoxy groups -OCH3 is 1. The number of ether oxygens (including phenoxy) is 1. The average Bonchev–Trinajstić information content (AvgIpc) is 2.15. The van der Waals surface area contributed by atoms with Gasteiger partial charge in [-0.3, -0.25) is 4.79 Å². The minimum absolute atomic E-state index is 0.150. The lowest BCUT2D eigenvalue weighted by molar-refractivity contribution is -0.217. The van der Waals surface area contributed by atoms with Gasteiger partial charge in [-0.05, 0) is 19.3 Å². The number of carboxylic acid groups (broad SMARTS) is 1. The van der Waals surface area contributed by atoms with E-state index >= 15 is 0 Å². The summed E-state index contributed by atoms with van der Waals surface area (Å²) in [6, 6.07) is 0. The Labute approximate surface area is 85.2 Å². The fraction of sp³-hybridized carbons (Fsp3) is 0.889. The summed E-state index contributed by atoms with van der Waals surface area (Å²) in [6.45, 7) is 0. The van der Waals surface area contributed by atoms with E-state index in [0.717, 1.165) is 0 Å². The van der Waals surface area contributed by atoms with Crippen LogP contribution >= 0.6 is 0 Å². The van der Waals surface area contributed by atoms with Crippen LogP contribution in [0, 0.1) is 11.8 Å². The van der Waals surface area contributed by atoms with Crippen LogP contribution in [0.3, 0.4) is 0 Å². The van der Waals surface area contributed by atoms with Crippen LogP contribution in [-0.2, 0) is 9.53 Å². The average molecular weight is 226 g/mol. The molecule has 0 aromatic heterocycles. The number of hydrogen-bond acceptors (Lipinski definition) is 2. The van der Waals surface area contributed by atoms with Crippen molar-refractivity contribution in [2.24, 2.45) is 11.8 Å². The van der Waals surface area contributed by atoms with Gasteiger partial charge in [-0.2, -0.15) is 13.2 Å². The summed E-state index contributed by atoms with van der Waals surface area (Å²) in [6.07, 6.45) is -5.26. The molecule has 3 unspecified atom stereocenters. The molecule has 3 nitrogen and oxygen atoms in total. The Hall–Kier alpha value is -0.780. The molecule has 0 aromatic rings. The van der Waals surface area contributed by atoms with Gasteiger partial charge in [0.1, 0.15) is 0 Å². The molecule has 0 bridgehead atoms. The molecule has 0 saturated heterocycles. The second kappa shape index (κ2) is 4.38. The zero-order chi connectivity index (χ0) is 11.6. The van der Waals surface area contributed by atoms with Crippen molar-refractivity contribution in [3.63, 3.8) is 0 Å². The Bertz CT molecular complexity index is 239. The van der Waals surface area contributed by atoms with Gasteiger partial charge in [-0.25, -0.2) is 0 Å². The lowest BCUT2D eigenvalue weighted by Gasteiger charge is -2.34. The van der Waals surface area contributed by atoms with Crippen LogP contribution in [-0.4, -0.2) is 30.5 Å². The van der Waals surface area contributed by atoms with Gasteiger partial charge < -0.3 is 9.84 Å². The largest absolute Gasteiger partial charge is 0.481 e. The Morgan fingerprint density at radius 3 is 2.40 bits per heavy atom. The molecule has 0 radical (unpaired) electrons. The molecule has 0 amide bonds. The summed E-state index contributed by atoms with van der Waals surface area (Å²) in [7, 11) is 1.23. The first-order chi connectivity index (χ1) is 6.86. The molecule has 1 saturated carbocycles. The zero-order valence-corrected chi connectivity index (χ0v) is 8.25. The third kappa shape index (κ3) is 2.84. The van der Waals surface area contributed by atoms with Crippen molar-refractivity contribution in [2.45, 2.75) is 31.5 Å². The van der Waals surface area contributed by atoms with E-state index in [-0.39, 0.29) is 19.3 Å².